The highest BCUT2D eigenvalue weighted by Crippen LogP contribution is 2.22. The van der Waals surface area contributed by atoms with Gasteiger partial charge in [0.25, 0.3) is 5.91 Å². The normalized spacial score (nSPS) is 12.5. The molecule has 0 aliphatic heterocycles. The van der Waals surface area contributed by atoms with Crippen LogP contribution in [0.5, 0.6) is 0 Å². The van der Waals surface area contributed by atoms with Crippen LogP contribution in [0.15, 0.2) is 29.2 Å². The van der Waals surface area contributed by atoms with E-state index >= 15 is 0 Å². The highest BCUT2D eigenvalue weighted by molar-refractivity contribution is 7.89. The Labute approximate surface area is 125 Å². The Kier molecular flexibility index (Phi) is 5.52. The fourth-order valence-corrected chi connectivity index (χ4v) is 2.43. The highest BCUT2D eigenvalue weighted by Gasteiger charge is 2.41. The summed E-state index contributed by atoms with van der Waals surface area (Å²) >= 11 is 0. The zero-order chi connectivity index (χ0) is 17.1. The molecule has 0 aliphatic rings. The molecule has 1 aromatic carbocycles. The lowest BCUT2D eigenvalue weighted by atomic mass is 10.2. The Balaban J connectivity index is 2.89. The van der Waals surface area contributed by atoms with Crippen LogP contribution in [0.2, 0.25) is 0 Å². The Morgan fingerprint density at radius 3 is 2.14 bits per heavy atom. The molecule has 5 nitrogen and oxygen atoms in total. The molecule has 0 bridgehead atoms. The van der Waals surface area contributed by atoms with Gasteiger partial charge < -0.3 is 4.90 Å². The van der Waals surface area contributed by atoms with Gasteiger partial charge in [0.05, 0.1) is 11.4 Å². The summed E-state index contributed by atoms with van der Waals surface area (Å²) in [6.45, 7) is -1.72. The molecule has 0 spiro atoms. The third-order valence-electron chi connectivity index (χ3n) is 2.63. The lowest BCUT2D eigenvalue weighted by Crippen LogP contribution is -2.41. The highest BCUT2D eigenvalue weighted by atomic mass is 32.2. The summed E-state index contributed by atoms with van der Waals surface area (Å²) in [4.78, 5) is 12.5. The van der Waals surface area contributed by atoms with Gasteiger partial charge >= 0.3 is 12.3 Å². The summed E-state index contributed by atoms with van der Waals surface area (Å²) in [5, 5.41) is 0. The second-order valence-electron chi connectivity index (χ2n) is 4.61. The first-order valence-corrected chi connectivity index (χ1v) is 7.43. The summed E-state index contributed by atoms with van der Waals surface area (Å²) < 4.78 is 74.3. The number of amides is 1. The predicted molar refractivity (Wildman–Crippen MR) is 70.6 cm³/mol. The van der Waals surface area contributed by atoms with E-state index in [9.17, 15) is 30.8 Å². The summed E-state index contributed by atoms with van der Waals surface area (Å²) in [6, 6.07) is 4.45. The largest absolute Gasteiger partial charge is 0.345 e. The van der Waals surface area contributed by atoms with E-state index in [0.29, 0.717) is 0 Å². The maximum Gasteiger partial charge on any atom is 0.320 e. The molecular formula is C12H14F4N2O3S. The number of hydrogen-bond acceptors (Lipinski definition) is 3. The Morgan fingerprint density at radius 2 is 1.73 bits per heavy atom. The molecule has 0 aromatic heterocycles. The van der Waals surface area contributed by atoms with E-state index in [4.69, 9.17) is 0 Å². The monoisotopic (exact) mass is 342 g/mol. The zero-order valence-electron chi connectivity index (χ0n) is 11.7. The van der Waals surface area contributed by atoms with Gasteiger partial charge in [-0.15, -0.1) is 0 Å². The van der Waals surface area contributed by atoms with Crippen molar-refractivity contribution in [2.24, 2.45) is 0 Å². The minimum atomic E-state index is -4.46. The zero-order valence-corrected chi connectivity index (χ0v) is 12.5. The van der Waals surface area contributed by atoms with Gasteiger partial charge in [-0.1, -0.05) is 0 Å². The lowest BCUT2D eigenvalue weighted by Gasteiger charge is -2.16. The topological polar surface area (TPSA) is 66.5 Å². The molecule has 0 radical (unpaired) electrons. The summed E-state index contributed by atoms with van der Waals surface area (Å²) in [5.41, 5.74) is 0.196. The van der Waals surface area contributed by atoms with Crippen molar-refractivity contribution < 1.29 is 30.8 Å². The molecule has 22 heavy (non-hydrogen) atoms. The van der Waals surface area contributed by atoms with Crippen molar-refractivity contribution in [3.8, 4) is 0 Å². The Hall–Kier alpha value is -1.68. The maximum absolute atomic E-state index is 12.7. The lowest BCUT2D eigenvalue weighted by molar-refractivity contribution is -0.122. The number of hydrogen-bond donors (Lipinski definition) is 1. The van der Waals surface area contributed by atoms with Crippen molar-refractivity contribution in [3.63, 3.8) is 0 Å². The van der Waals surface area contributed by atoms with E-state index in [-0.39, 0.29) is 11.5 Å². The first kappa shape index (κ1) is 18.4. The quantitative estimate of drug-likeness (QED) is 0.798. The SMILES string of the molecule is CN(C)C(=O)c1ccc(S(=O)(=O)NCC(F)(F)C(F)F)cc1. The van der Waals surface area contributed by atoms with Crippen molar-refractivity contribution in [3.05, 3.63) is 29.8 Å². The van der Waals surface area contributed by atoms with E-state index in [0.717, 1.165) is 12.1 Å². The van der Waals surface area contributed by atoms with Gasteiger partial charge in [0.15, 0.2) is 0 Å². The minimum absolute atomic E-state index is 0.196. The van der Waals surface area contributed by atoms with Crippen molar-refractivity contribution in [2.75, 3.05) is 20.6 Å². The number of halogens is 4. The van der Waals surface area contributed by atoms with Crippen molar-refractivity contribution >= 4 is 15.9 Å². The molecule has 1 N–H and O–H groups in total. The number of rotatable bonds is 6. The molecule has 0 fully saturated rings. The van der Waals surface area contributed by atoms with Gasteiger partial charge in [-0.3, -0.25) is 4.79 Å². The average Bonchev–Trinajstić information content (AvgIpc) is 2.44. The first-order chi connectivity index (χ1) is 9.97. The fraction of sp³-hybridized carbons (Fsp3) is 0.417. The van der Waals surface area contributed by atoms with Gasteiger partial charge in [-0.05, 0) is 24.3 Å². The van der Waals surface area contributed by atoms with Crippen molar-refractivity contribution in [1.29, 1.82) is 0 Å². The van der Waals surface area contributed by atoms with Crippen LogP contribution in [0.3, 0.4) is 0 Å². The molecule has 0 saturated heterocycles. The molecule has 1 aromatic rings. The number of benzene rings is 1. The second kappa shape index (κ2) is 6.61. The number of sulfonamides is 1. The van der Waals surface area contributed by atoms with Crippen LogP contribution in [0, 0.1) is 0 Å². The van der Waals surface area contributed by atoms with Crippen LogP contribution in [-0.2, 0) is 10.0 Å². The number of nitrogens with one attached hydrogen (secondary N) is 1. The van der Waals surface area contributed by atoms with Gasteiger partial charge in [0, 0.05) is 19.7 Å². The number of nitrogens with zero attached hydrogens (tertiary/aromatic N) is 1. The van der Waals surface area contributed by atoms with Crippen LogP contribution in [0.25, 0.3) is 0 Å². The van der Waals surface area contributed by atoms with Crippen LogP contribution < -0.4 is 4.72 Å². The van der Waals surface area contributed by atoms with Crippen LogP contribution in [0.4, 0.5) is 17.6 Å². The first-order valence-electron chi connectivity index (χ1n) is 5.95. The molecule has 0 atom stereocenters. The Morgan fingerprint density at radius 1 is 1.23 bits per heavy atom. The van der Waals surface area contributed by atoms with Crippen molar-refractivity contribution in [1.82, 2.24) is 9.62 Å². The van der Waals surface area contributed by atoms with E-state index in [1.54, 1.807) is 0 Å². The van der Waals surface area contributed by atoms with Crippen LogP contribution in [0.1, 0.15) is 10.4 Å². The molecule has 0 unspecified atom stereocenters. The maximum atomic E-state index is 12.7. The van der Waals surface area contributed by atoms with Gasteiger partial charge in [-0.25, -0.2) is 21.9 Å². The molecule has 124 valence electrons. The molecule has 1 rings (SSSR count). The van der Waals surface area contributed by atoms with Crippen molar-refractivity contribution in [2.45, 2.75) is 17.2 Å². The van der Waals surface area contributed by atoms with Gasteiger partial charge in [0.1, 0.15) is 0 Å². The minimum Gasteiger partial charge on any atom is -0.345 e. The second-order valence-corrected chi connectivity index (χ2v) is 6.38. The Bertz CT molecular complexity index is 630. The van der Waals surface area contributed by atoms with E-state index in [1.807, 2.05) is 0 Å². The smallest absolute Gasteiger partial charge is 0.320 e. The van der Waals surface area contributed by atoms with Gasteiger partial charge in [0.2, 0.25) is 10.0 Å². The number of alkyl halides is 4. The third kappa shape index (κ3) is 4.41. The third-order valence-corrected chi connectivity index (χ3v) is 4.05. The number of carbonyl (C=O) groups excluding carboxylic acids is 1. The van der Waals surface area contributed by atoms with E-state index in [2.05, 4.69) is 0 Å². The molecule has 0 saturated carbocycles. The summed E-state index contributed by atoms with van der Waals surface area (Å²) in [7, 11) is -1.38. The molecule has 10 heteroatoms. The molecule has 0 heterocycles. The molecule has 0 aliphatic carbocycles. The van der Waals surface area contributed by atoms with Crippen LogP contribution in [-0.4, -0.2) is 52.2 Å². The summed E-state index contributed by atoms with van der Waals surface area (Å²) in [6.07, 6.45) is -3.98. The average molecular weight is 342 g/mol. The fourth-order valence-electron chi connectivity index (χ4n) is 1.39. The van der Waals surface area contributed by atoms with E-state index in [1.165, 1.54) is 35.9 Å². The standard InChI is InChI=1S/C12H14F4N2O3S/c1-18(2)10(19)8-3-5-9(6-4-8)22(20,21)17-7-12(15,16)11(13)14/h3-6,11,17H,7H2,1-2H3. The molecule has 1 amide bonds. The van der Waals surface area contributed by atoms with Gasteiger partial charge in [-0.2, -0.15) is 8.78 Å². The van der Waals surface area contributed by atoms with Crippen LogP contribution >= 0.6 is 0 Å². The predicted octanol–water partition coefficient (Wildman–Crippen LogP) is 1.57. The van der Waals surface area contributed by atoms with E-state index < -0.39 is 33.8 Å². The summed E-state index contributed by atoms with van der Waals surface area (Å²) in [5.74, 6) is -4.84. The molecular weight excluding hydrogens is 328 g/mol. The number of carbonyl (C=O) groups is 1.